The lowest BCUT2D eigenvalue weighted by molar-refractivity contribution is -0.140. The Bertz CT molecular complexity index is 312. The number of hydrogen-bond acceptors (Lipinski definition) is 4. The van der Waals surface area contributed by atoms with Crippen LogP contribution in [0.3, 0.4) is 0 Å². The van der Waals surface area contributed by atoms with E-state index >= 15 is 0 Å². The first kappa shape index (κ1) is 12.7. The highest BCUT2D eigenvalue weighted by Crippen LogP contribution is 2.06. The molecule has 2 N–H and O–H groups in total. The van der Waals surface area contributed by atoms with Crippen LogP contribution in [0, 0.1) is 0 Å². The maximum absolute atomic E-state index is 11.6. The molecule has 0 aromatic heterocycles. The number of nitrogens with one attached hydrogen (secondary N) is 2. The molecule has 1 rings (SSSR count). The minimum Gasteiger partial charge on any atom is -0.461 e. The van der Waals surface area contributed by atoms with Gasteiger partial charge in [-0.2, -0.15) is 0 Å². The van der Waals surface area contributed by atoms with Gasteiger partial charge in [0, 0.05) is 6.04 Å². The minimum atomic E-state index is -0.481. The van der Waals surface area contributed by atoms with Crippen molar-refractivity contribution < 1.29 is 14.3 Å². The maximum Gasteiger partial charge on any atom is 0.354 e. The van der Waals surface area contributed by atoms with Crippen LogP contribution in [0.5, 0.6) is 0 Å². The zero-order valence-electron chi connectivity index (χ0n) is 9.87. The van der Waals surface area contributed by atoms with Crippen LogP contribution in [-0.2, 0) is 14.3 Å². The summed E-state index contributed by atoms with van der Waals surface area (Å²) in [4.78, 5) is 23.1. The molecule has 1 aliphatic rings. The molecule has 0 fully saturated rings. The Labute approximate surface area is 95.2 Å². The minimum absolute atomic E-state index is 0.00774. The molecule has 1 amide bonds. The number of ether oxygens (including phenoxy) is 1. The van der Waals surface area contributed by atoms with Crippen molar-refractivity contribution in [2.75, 3.05) is 6.61 Å². The predicted octanol–water partition coefficient (Wildman–Crippen LogP) is 0.320. The van der Waals surface area contributed by atoms with Crippen molar-refractivity contribution >= 4 is 11.9 Å². The van der Waals surface area contributed by atoms with Gasteiger partial charge in [-0.25, -0.2) is 4.79 Å². The topological polar surface area (TPSA) is 67.4 Å². The first-order chi connectivity index (χ1) is 7.58. The fourth-order valence-electron chi connectivity index (χ4n) is 1.49. The molecule has 0 aromatic carbocycles. The lowest BCUT2D eigenvalue weighted by Crippen LogP contribution is -2.42. The van der Waals surface area contributed by atoms with Crippen molar-refractivity contribution in [1.29, 1.82) is 0 Å². The zero-order chi connectivity index (χ0) is 12.1. The van der Waals surface area contributed by atoms with E-state index in [1.165, 1.54) is 0 Å². The maximum atomic E-state index is 11.6. The van der Waals surface area contributed by atoms with Gasteiger partial charge in [0.2, 0.25) is 5.91 Å². The van der Waals surface area contributed by atoms with Crippen molar-refractivity contribution in [2.45, 2.75) is 39.3 Å². The molecule has 90 valence electrons. The highest BCUT2D eigenvalue weighted by Gasteiger charge is 2.24. The Morgan fingerprint density at radius 1 is 1.50 bits per heavy atom. The normalized spacial score (nSPS) is 25.4. The molecule has 2 atom stereocenters. The average Bonchev–Trinajstić information content (AvgIpc) is 2.39. The van der Waals surface area contributed by atoms with E-state index in [4.69, 9.17) is 4.74 Å². The molecular weight excluding hydrogens is 208 g/mol. The van der Waals surface area contributed by atoms with Gasteiger partial charge in [0.15, 0.2) is 0 Å². The van der Waals surface area contributed by atoms with Crippen molar-refractivity contribution in [3.05, 3.63) is 11.8 Å². The summed E-state index contributed by atoms with van der Waals surface area (Å²) in [5.41, 5.74) is 0.232. The second kappa shape index (κ2) is 5.65. The Kier molecular flexibility index (Phi) is 4.49. The van der Waals surface area contributed by atoms with Crippen molar-refractivity contribution in [3.63, 3.8) is 0 Å². The molecule has 5 nitrogen and oxygen atoms in total. The van der Waals surface area contributed by atoms with Gasteiger partial charge in [-0.3, -0.25) is 10.1 Å². The van der Waals surface area contributed by atoms with E-state index in [9.17, 15) is 9.59 Å². The molecule has 0 bridgehead atoms. The molecule has 0 aliphatic carbocycles. The highest BCUT2D eigenvalue weighted by atomic mass is 16.5. The van der Waals surface area contributed by atoms with Gasteiger partial charge in [-0.15, -0.1) is 0 Å². The van der Waals surface area contributed by atoms with E-state index in [1.807, 2.05) is 6.92 Å². The third-order valence-electron chi connectivity index (χ3n) is 2.42. The first-order valence-corrected chi connectivity index (χ1v) is 5.54. The average molecular weight is 226 g/mol. The van der Waals surface area contributed by atoms with E-state index in [2.05, 4.69) is 10.6 Å². The van der Waals surface area contributed by atoms with Gasteiger partial charge in [0.05, 0.1) is 12.6 Å². The highest BCUT2D eigenvalue weighted by molar-refractivity contribution is 5.95. The molecule has 1 aliphatic heterocycles. The summed E-state index contributed by atoms with van der Waals surface area (Å²) in [6.07, 6.45) is 2.52. The van der Waals surface area contributed by atoms with Crippen molar-refractivity contribution in [2.24, 2.45) is 0 Å². The summed E-state index contributed by atoms with van der Waals surface area (Å²) in [6.45, 7) is 5.78. The van der Waals surface area contributed by atoms with Crippen LogP contribution < -0.4 is 10.6 Å². The standard InChI is InChI=1S/C11H18N2O3/c1-4-8-6-9(11(15)16-5-2)13-10(14)7(3)12-8/h6-8,12H,4-5H2,1-3H3,(H,13,14)/t7-,8+/m1/s1. The Balaban J connectivity index is 2.84. The lowest BCUT2D eigenvalue weighted by atomic mass is 10.2. The first-order valence-electron chi connectivity index (χ1n) is 5.54. The summed E-state index contributed by atoms with van der Waals surface area (Å²) in [6, 6.07) is -0.304. The Morgan fingerprint density at radius 3 is 2.75 bits per heavy atom. The van der Waals surface area contributed by atoms with Crippen LogP contribution in [0.1, 0.15) is 27.2 Å². The van der Waals surface area contributed by atoms with Crippen LogP contribution in [-0.4, -0.2) is 30.6 Å². The van der Waals surface area contributed by atoms with E-state index in [0.29, 0.717) is 6.61 Å². The molecule has 0 radical (unpaired) electrons. The van der Waals surface area contributed by atoms with Gasteiger partial charge in [-0.05, 0) is 26.3 Å². The number of amides is 1. The van der Waals surface area contributed by atoms with E-state index in [1.54, 1.807) is 19.9 Å². The second-order valence-corrected chi connectivity index (χ2v) is 3.69. The number of hydrogen-bond donors (Lipinski definition) is 2. The van der Waals surface area contributed by atoms with Crippen LogP contribution in [0.2, 0.25) is 0 Å². The molecule has 0 saturated carbocycles. The summed E-state index contributed by atoms with van der Waals surface area (Å²) < 4.78 is 4.86. The number of rotatable bonds is 3. The quantitative estimate of drug-likeness (QED) is 0.680. The summed E-state index contributed by atoms with van der Waals surface area (Å²) in [5.74, 6) is -0.694. The van der Waals surface area contributed by atoms with E-state index < -0.39 is 5.97 Å². The SMILES string of the molecule is CCOC(=O)C1=C[C@H](CC)N[C@H](C)C(=O)N1. The summed E-state index contributed by atoms with van der Waals surface area (Å²) >= 11 is 0. The zero-order valence-corrected chi connectivity index (χ0v) is 9.87. The van der Waals surface area contributed by atoms with Crippen LogP contribution in [0.4, 0.5) is 0 Å². The van der Waals surface area contributed by atoms with Gasteiger partial charge in [0.25, 0.3) is 0 Å². The third kappa shape index (κ3) is 3.06. The van der Waals surface area contributed by atoms with Crippen LogP contribution in [0.25, 0.3) is 0 Å². The fraction of sp³-hybridized carbons (Fsp3) is 0.636. The van der Waals surface area contributed by atoms with Crippen molar-refractivity contribution in [3.8, 4) is 0 Å². The molecule has 16 heavy (non-hydrogen) atoms. The Hall–Kier alpha value is -1.36. The van der Waals surface area contributed by atoms with Gasteiger partial charge in [0.1, 0.15) is 5.70 Å². The largest absolute Gasteiger partial charge is 0.461 e. The Morgan fingerprint density at radius 2 is 2.19 bits per heavy atom. The van der Waals surface area contributed by atoms with Gasteiger partial charge >= 0.3 is 5.97 Å². The smallest absolute Gasteiger partial charge is 0.354 e. The van der Waals surface area contributed by atoms with Gasteiger partial charge < -0.3 is 10.1 Å². The van der Waals surface area contributed by atoms with Crippen molar-refractivity contribution in [1.82, 2.24) is 10.6 Å². The second-order valence-electron chi connectivity index (χ2n) is 3.69. The van der Waals surface area contributed by atoms with Gasteiger partial charge in [-0.1, -0.05) is 6.92 Å². The third-order valence-corrected chi connectivity index (χ3v) is 2.42. The molecular formula is C11H18N2O3. The fourth-order valence-corrected chi connectivity index (χ4v) is 1.49. The van der Waals surface area contributed by atoms with Crippen LogP contribution in [0.15, 0.2) is 11.8 Å². The summed E-state index contributed by atoms with van der Waals surface area (Å²) in [5, 5.41) is 5.67. The monoisotopic (exact) mass is 226 g/mol. The molecule has 0 saturated heterocycles. The molecule has 1 heterocycles. The van der Waals surface area contributed by atoms with Crippen LogP contribution >= 0.6 is 0 Å². The number of carbonyl (C=O) groups is 2. The molecule has 5 heteroatoms. The summed E-state index contributed by atoms with van der Waals surface area (Å²) in [7, 11) is 0. The van der Waals surface area contributed by atoms with E-state index in [-0.39, 0.29) is 23.7 Å². The lowest BCUT2D eigenvalue weighted by Gasteiger charge is -2.14. The number of carbonyl (C=O) groups excluding carboxylic acids is 2. The molecule has 0 unspecified atom stereocenters. The predicted molar refractivity (Wildman–Crippen MR) is 59.5 cm³/mol. The van der Waals surface area contributed by atoms with E-state index in [0.717, 1.165) is 6.42 Å². The number of esters is 1. The molecule has 0 aromatic rings. The molecule has 0 spiro atoms.